The molecule has 3 aromatic heterocycles. The number of rotatable bonds is 4. The summed E-state index contributed by atoms with van der Waals surface area (Å²) in [6.07, 6.45) is -0.826. The Hall–Kier alpha value is -3.17. The van der Waals surface area contributed by atoms with E-state index in [0.29, 0.717) is 11.5 Å². The minimum Gasteiger partial charge on any atom is -0.467 e. The molecule has 4 rings (SSSR count). The van der Waals surface area contributed by atoms with Gasteiger partial charge in [-0.1, -0.05) is 0 Å². The van der Waals surface area contributed by atoms with Gasteiger partial charge in [-0.05, 0) is 24.3 Å². The van der Waals surface area contributed by atoms with E-state index in [1.165, 1.54) is 12.5 Å². The van der Waals surface area contributed by atoms with Gasteiger partial charge in [-0.2, -0.15) is 18.3 Å². The summed E-state index contributed by atoms with van der Waals surface area (Å²) in [7, 11) is 0. The second-order valence-electron chi connectivity index (χ2n) is 6.12. The molecule has 1 aliphatic heterocycles. The first kappa shape index (κ1) is 17.3. The molecule has 2 N–H and O–H groups in total. The molecule has 10 heteroatoms. The third-order valence-corrected chi connectivity index (χ3v) is 4.37. The van der Waals surface area contributed by atoms with Crippen molar-refractivity contribution in [2.24, 2.45) is 0 Å². The average Bonchev–Trinajstić information content (AvgIpc) is 3.39. The van der Waals surface area contributed by atoms with Gasteiger partial charge < -0.3 is 19.5 Å². The predicted octanol–water partition coefficient (Wildman–Crippen LogP) is 3.66. The van der Waals surface area contributed by atoms with Crippen molar-refractivity contribution in [1.29, 1.82) is 0 Å². The van der Waals surface area contributed by atoms with Gasteiger partial charge in [0.05, 0.1) is 31.3 Å². The second-order valence-corrected chi connectivity index (χ2v) is 6.12. The fraction of sp³-hybridized carbons (Fsp3) is 0.294. The number of nitrogens with one attached hydrogen (secondary N) is 2. The molecule has 7 nitrogen and oxygen atoms in total. The Bertz CT molecular complexity index is 916. The molecule has 0 spiro atoms. The van der Waals surface area contributed by atoms with Gasteiger partial charge in [0, 0.05) is 6.42 Å². The minimum atomic E-state index is -4.52. The zero-order chi connectivity index (χ0) is 19.0. The molecule has 0 radical (unpaired) electrons. The smallest absolute Gasteiger partial charge is 0.410 e. The Labute approximate surface area is 151 Å². The molecule has 0 aromatic carbocycles. The fourth-order valence-corrected chi connectivity index (χ4v) is 3.08. The van der Waals surface area contributed by atoms with E-state index in [9.17, 15) is 18.0 Å². The lowest BCUT2D eigenvalue weighted by atomic mass is 10.0. The minimum absolute atomic E-state index is 0.00178. The Morgan fingerprint density at radius 2 is 2.07 bits per heavy atom. The molecule has 0 saturated heterocycles. The average molecular weight is 380 g/mol. The molecule has 1 aliphatic rings. The van der Waals surface area contributed by atoms with Crippen molar-refractivity contribution in [3.05, 3.63) is 60.1 Å². The standard InChI is InChI=1S/C17H15F3N4O3/c18-17(19,20)14-7-12(13-4-2-6-27-13)23-15-11(9-22-24(14)15)16(25)21-8-10-3-1-5-26-10/h1-6,9,12,14,23H,7-8H2,(H,21,25)/t12-,14-/m0/s1. The number of hydrogen-bond donors (Lipinski definition) is 2. The second kappa shape index (κ2) is 6.53. The Balaban J connectivity index is 1.63. The summed E-state index contributed by atoms with van der Waals surface area (Å²) in [6, 6.07) is 3.95. The van der Waals surface area contributed by atoms with Gasteiger partial charge in [-0.3, -0.25) is 4.79 Å². The van der Waals surface area contributed by atoms with E-state index in [1.54, 1.807) is 24.3 Å². The van der Waals surface area contributed by atoms with E-state index in [-0.39, 0.29) is 24.3 Å². The summed E-state index contributed by atoms with van der Waals surface area (Å²) in [4.78, 5) is 12.5. The molecule has 142 valence electrons. The van der Waals surface area contributed by atoms with Crippen LogP contribution in [-0.4, -0.2) is 21.9 Å². The van der Waals surface area contributed by atoms with Crippen molar-refractivity contribution in [1.82, 2.24) is 15.1 Å². The van der Waals surface area contributed by atoms with E-state index < -0.39 is 24.2 Å². The van der Waals surface area contributed by atoms with E-state index in [0.717, 1.165) is 10.9 Å². The number of furan rings is 2. The molecule has 4 heterocycles. The molecular formula is C17H15F3N4O3. The third kappa shape index (κ3) is 3.29. The van der Waals surface area contributed by atoms with Gasteiger partial charge in [0.25, 0.3) is 5.91 Å². The molecule has 0 bridgehead atoms. The molecule has 0 unspecified atom stereocenters. The first-order valence-corrected chi connectivity index (χ1v) is 8.18. The number of amides is 1. The molecule has 3 aromatic rings. The number of halogens is 3. The van der Waals surface area contributed by atoms with Crippen LogP contribution >= 0.6 is 0 Å². The Kier molecular flexibility index (Phi) is 4.17. The quantitative estimate of drug-likeness (QED) is 0.722. The number of carbonyl (C=O) groups excluding carboxylic acids is 1. The van der Waals surface area contributed by atoms with Gasteiger partial charge in [0.2, 0.25) is 0 Å². The first-order chi connectivity index (χ1) is 12.9. The summed E-state index contributed by atoms with van der Waals surface area (Å²) in [5.74, 6) is 0.334. The highest BCUT2D eigenvalue weighted by atomic mass is 19.4. The van der Waals surface area contributed by atoms with Crippen molar-refractivity contribution in [3.63, 3.8) is 0 Å². The topological polar surface area (TPSA) is 85.2 Å². The lowest BCUT2D eigenvalue weighted by Gasteiger charge is -2.32. The van der Waals surface area contributed by atoms with Crippen molar-refractivity contribution >= 4 is 11.7 Å². The largest absolute Gasteiger partial charge is 0.467 e. The first-order valence-electron chi connectivity index (χ1n) is 8.18. The number of fused-ring (bicyclic) bond motifs is 1. The maximum Gasteiger partial charge on any atom is 0.410 e. The van der Waals surface area contributed by atoms with Gasteiger partial charge in [-0.25, -0.2) is 4.68 Å². The molecular weight excluding hydrogens is 365 g/mol. The summed E-state index contributed by atoms with van der Waals surface area (Å²) in [5, 5.41) is 9.36. The van der Waals surface area contributed by atoms with Gasteiger partial charge in [0.15, 0.2) is 6.04 Å². The summed E-state index contributed by atoms with van der Waals surface area (Å²) in [6.45, 7) is 0.112. The van der Waals surface area contributed by atoms with Crippen molar-refractivity contribution < 1.29 is 26.8 Å². The maximum atomic E-state index is 13.5. The molecule has 0 aliphatic carbocycles. The lowest BCUT2D eigenvalue weighted by molar-refractivity contribution is -0.174. The van der Waals surface area contributed by atoms with E-state index >= 15 is 0 Å². The van der Waals surface area contributed by atoms with Crippen LogP contribution in [0, 0.1) is 0 Å². The maximum absolute atomic E-state index is 13.5. The molecule has 1 amide bonds. The number of alkyl halides is 3. The van der Waals surface area contributed by atoms with Crippen LogP contribution in [-0.2, 0) is 6.54 Å². The number of nitrogens with zero attached hydrogens (tertiary/aromatic N) is 2. The SMILES string of the molecule is O=C(NCc1ccco1)c1cnn2c1N[C@H](c1ccco1)C[C@H]2C(F)(F)F. The van der Waals surface area contributed by atoms with Crippen LogP contribution in [0.2, 0.25) is 0 Å². The van der Waals surface area contributed by atoms with E-state index in [1.807, 2.05) is 0 Å². The Morgan fingerprint density at radius 3 is 2.74 bits per heavy atom. The third-order valence-electron chi connectivity index (χ3n) is 4.37. The van der Waals surface area contributed by atoms with Crippen LogP contribution in [0.1, 0.15) is 40.4 Å². The molecule has 0 fully saturated rings. The lowest BCUT2D eigenvalue weighted by Crippen LogP contribution is -2.36. The summed E-state index contributed by atoms with van der Waals surface area (Å²) in [5.41, 5.74) is 0.0204. The highest BCUT2D eigenvalue weighted by molar-refractivity contribution is 5.98. The van der Waals surface area contributed by atoms with Crippen LogP contribution in [0.25, 0.3) is 0 Å². The molecule has 0 saturated carbocycles. The van der Waals surface area contributed by atoms with Crippen molar-refractivity contribution in [3.8, 4) is 0 Å². The number of carbonyl (C=O) groups is 1. The highest BCUT2D eigenvalue weighted by Gasteiger charge is 2.47. The van der Waals surface area contributed by atoms with Crippen LogP contribution < -0.4 is 10.6 Å². The van der Waals surface area contributed by atoms with Gasteiger partial charge in [0.1, 0.15) is 22.9 Å². The van der Waals surface area contributed by atoms with E-state index in [2.05, 4.69) is 15.7 Å². The summed E-state index contributed by atoms with van der Waals surface area (Å²) < 4.78 is 51.8. The van der Waals surface area contributed by atoms with Gasteiger partial charge in [-0.15, -0.1) is 0 Å². The number of aromatic nitrogens is 2. The van der Waals surface area contributed by atoms with Crippen molar-refractivity contribution in [2.45, 2.75) is 31.2 Å². The van der Waals surface area contributed by atoms with Gasteiger partial charge >= 0.3 is 6.18 Å². The zero-order valence-electron chi connectivity index (χ0n) is 13.9. The monoisotopic (exact) mass is 380 g/mol. The number of anilines is 1. The fourth-order valence-electron chi connectivity index (χ4n) is 3.08. The number of hydrogen-bond acceptors (Lipinski definition) is 5. The van der Waals surface area contributed by atoms with Crippen molar-refractivity contribution in [2.75, 3.05) is 5.32 Å². The Morgan fingerprint density at radius 1 is 1.30 bits per heavy atom. The highest BCUT2D eigenvalue weighted by Crippen LogP contribution is 2.44. The zero-order valence-corrected chi connectivity index (χ0v) is 13.9. The van der Waals surface area contributed by atoms with Crippen LogP contribution in [0.4, 0.5) is 19.0 Å². The predicted molar refractivity (Wildman–Crippen MR) is 86.9 cm³/mol. The normalized spacial score (nSPS) is 19.4. The summed E-state index contributed by atoms with van der Waals surface area (Å²) >= 11 is 0. The van der Waals surface area contributed by atoms with Crippen LogP contribution in [0.15, 0.2) is 51.8 Å². The van der Waals surface area contributed by atoms with E-state index in [4.69, 9.17) is 8.83 Å². The molecule has 2 atom stereocenters. The molecule has 27 heavy (non-hydrogen) atoms. The van der Waals surface area contributed by atoms with Crippen LogP contribution in [0.3, 0.4) is 0 Å². The van der Waals surface area contributed by atoms with Crippen LogP contribution in [0.5, 0.6) is 0 Å².